The average molecular weight is 335 g/mol. The predicted molar refractivity (Wildman–Crippen MR) is 97.2 cm³/mol. The van der Waals surface area contributed by atoms with Crippen LogP contribution >= 0.6 is 0 Å². The van der Waals surface area contributed by atoms with Crippen LogP contribution < -0.4 is 15.7 Å². The number of fused-ring (bicyclic) bond motifs is 1. The first-order valence-corrected chi connectivity index (χ1v) is 7.66. The largest absolute Gasteiger partial charge is 0.496 e. The topological polar surface area (TPSA) is 72.7 Å². The maximum Gasteiger partial charge on any atom is 0.276 e. The van der Waals surface area contributed by atoms with E-state index in [0.717, 1.165) is 16.3 Å². The minimum atomic E-state index is -0.559. The molecule has 3 rings (SSSR count). The third kappa shape index (κ3) is 3.28. The van der Waals surface area contributed by atoms with Gasteiger partial charge in [0.05, 0.1) is 13.3 Å². The van der Waals surface area contributed by atoms with E-state index in [1.807, 2.05) is 36.4 Å². The van der Waals surface area contributed by atoms with Crippen molar-refractivity contribution in [3.8, 4) is 5.75 Å². The summed E-state index contributed by atoms with van der Waals surface area (Å²) in [5.74, 6) is 0.0870. The Hall–Kier alpha value is -3.41. The molecule has 0 atom stereocenters. The molecule has 3 aromatic rings. The van der Waals surface area contributed by atoms with Crippen molar-refractivity contribution in [1.82, 2.24) is 9.99 Å². The van der Waals surface area contributed by atoms with Crippen LogP contribution in [0.5, 0.6) is 5.75 Å². The molecule has 6 heteroatoms. The van der Waals surface area contributed by atoms with Gasteiger partial charge >= 0.3 is 0 Å². The second-order valence-corrected chi connectivity index (χ2v) is 5.44. The van der Waals surface area contributed by atoms with Crippen molar-refractivity contribution < 1.29 is 9.53 Å². The first kappa shape index (κ1) is 16.4. The molecule has 0 saturated carbocycles. The van der Waals surface area contributed by atoms with Crippen LogP contribution in [0.1, 0.15) is 15.9 Å². The highest BCUT2D eigenvalue weighted by Gasteiger charge is 2.10. The number of hydrogen-bond acceptors (Lipinski definition) is 4. The lowest BCUT2D eigenvalue weighted by Crippen LogP contribution is -2.29. The number of pyridine rings is 1. The minimum Gasteiger partial charge on any atom is -0.496 e. The Kier molecular flexibility index (Phi) is 4.61. The third-order valence-corrected chi connectivity index (χ3v) is 3.88. The third-order valence-electron chi connectivity index (χ3n) is 3.88. The van der Waals surface area contributed by atoms with Gasteiger partial charge in [-0.15, -0.1) is 0 Å². The Morgan fingerprint density at radius 1 is 1.16 bits per heavy atom. The molecule has 1 N–H and O–H groups in total. The SMILES string of the molecule is COc1ccc2ccccc2c1/C=N\NC(=O)c1cccn(C)c1=O. The van der Waals surface area contributed by atoms with Gasteiger partial charge in [0, 0.05) is 18.8 Å². The van der Waals surface area contributed by atoms with Gasteiger partial charge in [-0.25, -0.2) is 5.43 Å². The minimum absolute atomic E-state index is 0.0343. The maximum atomic E-state index is 12.2. The number of methoxy groups -OCH3 is 1. The molecular formula is C19H17N3O3. The molecule has 0 aliphatic rings. The molecule has 0 unspecified atom stereocenters. The van der Waals surface area contributed by atoms with Crippen molar-refractivity contribution in [2.24, 2.45) is 12.1 Å². The molecule has 6 nitrogen and oxygen atoms in total. The molecule has 1 amide bonds. The van der Waals surface area contributed by atoms with E-state index in [1.54, 1.807) is 26.4 Å². The van der Waals surface area contributed by atoms with Gasteiger partial charge in [-0.2, -0.15) is 5.10 Å². The number of rotatable bonds is 4. The normalized spacial score (nSPS) is 11.0. The Labute approximate surface area is 144 Å². The van der Waals surface area contributed by atoms with Crippen LogP contribution in [0.3, 0.4) is 0 Å². The summed E-state index contributed by atoms with van der Waals surface area (Å²) in [4.78, 5) is 24.1. The summed E-state index contributed by atoms with van der Waals surface area (Å²) >= 11 is 0. The van der Waals surface area contributed by atoms with Gasteiger partial charge < -0.3 is 9.30 Å². The Morgan fingerprint density at radius 2 is 1.96 bits per heavy atom. The molecule has 0 spiro atoms. The smallest absolute Gasteiger partial charge is 0.276 e. The summed E-state index contributed by atoms with van der Waals surface area (Å²) in [7, 11) is 3.16. The molecule has 0 aliphatic heterocycles. The fourth-order valence-electron chi connectivity index (χ4n) is 2.57. The van der Waals surface area contributed by atoms with E-state index in [-0.39, 0.29) is 11.1 Å². The summed E-state index contributed by atoms with van der Waals surface area (Å²) in [6.07, 6.45) is 3.11. The summed E-state index contributed by atoms with van der Waals surface area (Å²) in [6, 6.07) is 14.7. The lowest BCUT2D eigenvalue weighted by atomic mass is 10.0. The molecule has 0 aliphatic carbocycles. The second-order valence-electron chi connectivity index (χ2n) is 5.44. The molecule has 25 heavy (non-hydrogen) atoms. The van der Waals surface area contributed by atoms with Gasteiger partial charge in [0.2, 0.25) is 0 Å². The first-order valence-electron chi connectivity index (χ1n) is 7.66. The lowest BCUT2D eigenvalue weighted by Gasteiger charge is -2.08. The first-order chi connectivity index (χ1) is 12.1. The van der Waals surface area contributed by atoms with E-state index in [4.69, 9.17) is 4.74 Å². The molecule has 0 fully saturated rings. The van der Waals surface area contributed by atoms with Crippen LogP contribution in [0, 0.1) is 0 Å². The molecule has 126 valence electrons. The molecule has 1 heterocycles. The number of hydrazone groups is 1. The van der Waals surface area contributed by atoms with Crippen LogP contribution in [-0.4, -0.2) is 23.8 Å². The standard InChI is InChI=1S/C19H17N3O3/c1-22-11-5-8-15(19(22)24)18(23)21-20-12-16-14-7-4-3-6-13(14)9-10-17(16)25-2/h3-12H,1-2H3,(H,21,23)/b20-12-. The summed E-state index contributed by atoms with van der Waals surface area (Å²) in [5.41, 5.74) is 2.80. The highest BCUT2D eigenvalue weighted by Crippen LogP contribution is 2.26. The number of benzene rings is 2. The van der Waals surface area contributed by atoms with Gasteiger partial charge in [0.1, 0.15) is 11.3 Å². The van der Waals surface area contributed by atoms with E-state index in [2.05, 4.69) is 10.5 Å². The van der Waals surface area contributed by atoms with E-state index < -0.39 is 5.91 Å². The van der Waals surface area contributed by atoms with E-state index >= 15 is 0 Å². The molecule has 0 radical (unpaired) electrons. The van der Waals surface area contributed by atoms with Crippen molar-refractivity contribution in [3.05, 3.63) is 76.2 Å². The lowest BCUT2D eigenvalue weighted by molar-refractivity contribution is 0.0953. The summed E-state index contributed by atoms with van der Waals surface area (Å²) in [6.45, 7) is 0. The number of amides is 1. The highest BCUT2D eigenvalue weighted by molar-refractivity contribution is 6.03. The molecule has 0 saturated heterocycles. The maximum absolute atomic E-state index is 12.2. The van der Waals surface area contributed by atoms with Crippen molar-refractivity contribution in [1.29, 1.82) is 0 Å². The van der Waals surface area contributed by atoms with Crippen molar-refractivity contribution in [2.75, 3.05) is 7.11 Å². The Morgan fingerprint density at radius 3 is 2.76 bits per heavy atom. The molecular weight excluding hydrogens is 318 g/mol. The van der Waals surface area contributed by atoms with E-state index in [1.165, 1.54) is 16.8 Å². The fraction of sp³-hybridized carbons (Fsp3) is 0.105. The van der Waals surface area contributed by atoms with Crippen molar-refractivity contribution in [2.45, 2.75) is 0 Å². The average Bonchev–Trinajstić information content (AvgIpc) is 2.64. The number of ether oxygens (including phenoxy) is 1. The number of hydrogen-bond donors (Lipinski definition) is 1. The predicted octanol–water partition coefficient (Wildman–Crippen LogP) is 2.31. The van der Waals surface area contributed by atoms with E-state index in [0.29, 0.717) is 5.75 Å². The van der Waals surface area contributed by atoms with Gasteiger partial charge in [0.15, 0.2) is 0 Å². The Bertz CT molecular complexity index is 1020. The zero-order valence-corrected chi connectivity index (χ0v) is 13.9. The molecule has 2 aromatic carbocycles. The second kappa shape index (κ2) is 7.00. The summed E-state index contributed by atoms with van der Waals surface area (Å²) in [5, 5.41) is 5.98. The van der Waals surface area contributed by atoms with Crippen LogP contribution in [0.2, 0.25) is 0 Å². The number of nitrogens with one attached hydrogen (secondary N) is 1. The van der Waals surface area contributed by atoms with Gasteiger partial charge in [-0.1, -0.05) is 30.3 Å². The van der Waals surface area contributed by atoms with Gasteiger partial charge in [0.25, 0.3) is 11.5 Å². The quantitative estimate of drug-likeness (QED) is 0.587. The number of aromatic nitrogens is 1. The van der Waals surface area contributed by atoms with Crippen molar-refractivity contribution >= 4 is 22.9 Å². The molecule has 1 aromatic heterocycles. The van der Waals surface area contributed by atoms with Crippen LogP contribution in [-0.2, 0) is 7.05 Å². The summed E-state index contributed by atoms with van der Waals surface area (Å²) < 4.78 is 6.71. The zero-order valence-electron chi connectivity index (χ0n) is 13.9. The monoisotopic (exact) mass is 335 g/mol. The van der Waals surface area contributed by atoms with Crippen LogP contribution in [0.4, 0.5) is 0 Å². The number of carbonyl (C=O) groups excluding carboxylic acids is 1. The number of aryl methyl sites for hydroxylation is 1. The van der Waals surface area contributed by atoms with Crippen LogP contribution in [0.25, 0.3) is 10.8 Å². The number of carbonyl (C=O) groups is 1. The zero-order chi connectivity index (χ0) is 17.8. The van der Waals surface area contributed by atoms with Crippen LogP contribution in [0.15, 0.2) is 64.6 Å². The molecule has 0 bridgehead atoms. The fourth-order valence-corrected chi connectivity index (χ4v) is 2.57. The van der Waals surface area contributed by atoms with Gasteiger partial charge in [-0.3, -0.25) is 9.59 Å². The highest BCUT2D eigenvalue weighted by atomic mass is 16.5. The Balaban J connectivity index is 1.90. The van der Waals surface area contributed by atoms with Crippen molar-refractivity contribution in [3.63, 3.8) is 0 Å². The van der Waals surface area contributed by atoms with Gasteiger partial charge in [-0.05, 0) is 29.0 Å². The van der Waals surface area contributed by atoms with E-state index in [9.17, 15) is 9.59 Å². The number of nitrogens with zero attached hydrogens (tertiary/aromatic N) is 2.